The quantitative estimate of drug-likeness (QED) is 0.438. The van der Waals surface area contributed by atoms with Crippen LogP contribution in [0.25, 0.3) is 22.2 Å². The van der Waals surface area contributed by atoms with Crippen molar-refractivity contribution in [2.45, 2.75) is 84.9 Å². The van der Waals surface area contributed by atoms with Gasteiger partial charge in [0.05, 0.1) is 16.8 Å². The second-order valence-corrected chi connectivity index (χ2v) is 12.6. The number of piperidine rings is 1. The van der Waals surface area contributed by atoms with Crippen LogP contribution >= 0.6 is 0 Å². The molecule has 0 bridgehead atoms. The summed E-state index contributed by atoms with van der Waals surface area (Å²) in [5.74, 6) is -0.0998. The van der Waals surface area contributed by atoms with Crippen molar-refractivity contribution in [3.63, 3.8) is 0 Å². The molecular formula is C31H39N3O3. The lowest BCUT2D eigenvalue weighted by Gasteiger charge is -2.26. The average Bonchev–Trinajstić information content (AvgIpc) is 3.38. The molecule has 0 atom stereocenters. The zero-order chi connectivity index (χ0) is 26.5. The third kappa shape index (κ3) is 5.17. The van der Waals surface area contributed by atoms with E-state index in [9.17, 15) is 9.59 Å². The predicted molar refractivity (Wildman–Crippen MR) is 148 cm³/mol. The Kier molecular flexibility index (Phi) is 6.43. The van der Waals surface area contributed by atoms with Gasteiger partial charge in [-0.05, 0) is 93.1 Å². The molecule has 0 spiro atoms. The molecule has 1 amide bonds. The Morgan fingerprint density at radius 2 is 1.70 bits per heavy atom. The van der Waals surface area contributed by atoms with Crippen LogP contribution in [0.15, 0.2) is 36.4 Å². The first kappa shape index (κ1) is 25.5. The molecule has 1 saturated heterocycles. The molecule has 1 aromatic heterocycles. The predicted octanol–water partition coefficient (Wildman–Crippen LogP) is 6.62. The molecule has 0 aliphatic carbocycles. The van der Waals surface area contributed by atoms with Gasteiger partial charge < -0.3 is 10.1 Å². The average molecular weight is 502 g/mol. The van der Waals surface area contributed by atoms with E-state index in [4.69, 9.17) is 4.74 Å². The normalized spacial score (nSPS) is 16.6. The van der Waals surface area contributed by atoms with Crippen LogP contribution in [0.1, 0.15) is 87.9 Å². The first-order valence-corrected chi connectivity index (χ1v) is 13.5. The van der Waals surface area contributed by atoms with Crippen molar-refractivity contribution in [1.82, 2.24) is 14.8 Å². The van der Waals surface area contributed by atoms with Gasteiger partial charge in [-0.3, -0.25) is 9.69 Å². The van der Waals surface area contributed by atoms with E-state index < -0.39 is 11.7 Å². The lowest BCUT2D eigenvalue weighted by atomic mass is 9.83. The second-order valence-electron chi connectivity index (χ2n) is 12.6. The Balaban J connectivity index is 1.69. The summed E-state index contributed by atoms with van der Waals surface area (Å²) in [6.45, 7) is 15.8. The minimum Gasteiger partial charge on any atom is -0.443 e. The van der Waals surface area contributed by atoms with Crippen LogP contribution < -0.4 is 5.32 Å². The molecule has 6 heteroatoms. The largest absolute Gasteiger partial charge is 0.443 e. The van der Waals surface area contributed by atoms with Crippen molar-refractivity contribution in [2.75, 3.05) is 13.1 Å². The number of benzene rings is 2. The van der Waals surface area contributed by atoms with E-state index in [1.165, 1.54) is 24.8 Å². The van der Waals surface area contributed by atoms with Gasteiger partial charge in [0.15, 0.2) is 0 Å². The molecule has 37 heavy (non-hydrogen) atoms. The van der Waals surface area contributed by atoms with Crippen molar-refractivity contribution in [3.05, 3.63) is 58.7 Å². The topological polar surface area (TPSA) is 63.6 Å². The molecule has 0 saturated carbocycles. The van der Waals surface area contributed by atoms with Gasteiger partial charge in [-0.25, -0.2) is 9.36 Å². The first-order chi connectivity index (χ1) is 17.4. The molecule has 3 aromatic rings. The molecule has 6 nitrogen and oxygen atoms in total. The second kappa shape index (κ2) is 9.32. The number of hydrogen-bond donors (Lipinski definition) is 1. The SMILES string of the molecule is CC(C)(C)OC(=O)n1c(-c2cc(C(C)(C)C)cc3c2C(=O)NC3)cc2cc(CN3CCCCC3)ccc21. The lowest BCUT2D eigenvalue weighted by Crippen LogP contribution is -2.29. The molecule has 3 heterocycles. The minimum atomic E-state index is -0.647. The number of hydrogen-bond acceptors (Lipinski definition) is 4. The number of rotatable bonds is 3. The van der Waals surface area contributed by atoms with Crippen molar-refractivity contribution in [3.8, 4) is 11.3 Å². The van der Waals surface area contributed by atoms with Gasteiger partial charge in [0.2, 0.25) is 0 Å². The smallest absolute Gasteiger partial charge is 0.419 e. The molecule has 5 rings (SSSR count). The monoisotopic (exact) mass is 501 g/mol. The van der Waals surface area contributed by atoms with Crippen LogP contribution in [-0.2, 0) is 23.2 Å². The summed E-state index contributed by atoms with van der Waals surface area (Å²) in [5, 5.41) is 3.95. The van der Waals surface area contributed by atoms with Crippen LogP contribution in [0.3, 0.4) is 0 Å². The van der Waals surface area contributed by atoms with Crippen molar-refractivity contribution < 1.29 is 14.3 Å². The summed E-state index contributed by atoms with van der Waals surface area (Å²) >= 11 is 0. The standard InChI is InChI=1S/C31H39N3O3/c1-30(2,3)23-15-22-18-32-28(35)27(22)24(17-23)26-16-21-14-20(19-33-12-8-7-9-13-33)10-11-25(21)34(26)29(36)37-31(4,5)6/h10-11,14-17H,7-9,12-13,18-19H2,1-6H3,(H,32,35). The van der Waals surface area contributed by atoms with Crippen LogP contribution in [0.4, 0.5) is 4.79 Å². The van der Waals surface area contributed by atoms with Gasteiger partial charge >= 0.3 is 6.09 Å². The fourth-order valence-corrected chi connectivity index (χ4v) is 5.45. The maximum absolute atomic E-state index is 13.6. The Labute approximate surface area is 220 Å². The van der Waals surface area contributed by atoms with Crippen LogP contribution in [0.2, 0.25) is 0 Å². The molecule has 2 aliphatic heterocycles. The number of amides is 1. The van der Waals surface area contributed by atoms with Crippen molar-refractivity contribution in [1.29, 1.82) is 0 Å². The van der Waals surface area contributed by atoms with Crippen LogP contribution in [-0.4, -0.2) is 40.2 Å². The minimum absolute atomic E-state index is 0.0998. The summed E-state index contributed by atoms with van der Waals surface area (Å²) in [5.41, 5.74) is 5.48. The van der Waals surface area contributed by atoms with E-state index in [0.717, 1.165) is 47.2 Å². The highest BCUT2D eigenvalue weighted by molar-refractivity contribution is 6.07. The van der Waals surface area contributed by atoms with Gasteiger partial charge in [0.1, 0.15) is 5.60 Å². The summed E-state index contributed by atoms with van der Waals surface area (Å²) in [6.07, 6.45) is 3.37. The van der Waals surface area contributed by atoms with Crippen molar-refractivity contribution >= 4 is 22.9 Å². The zero-order valence-electron chi connectivity index (χ0n) is 23.0. The summed E-state index contributed by atoms with van der Waals surface area (Å²) in [6, 6.07) is 12.6. The highest BCUT2D eigenvalue weighted by Crippen LogP contribution is 2.38. The fourth-order valence-electron chi connectivity index (χ4n) is 5.45. The van der Waals surface area contributed by atoms with Gasteiger partial charge in [0, 0.05) is 24.0 Å². The van der Waals surface area contributed by atoms with E-state index in [1.807, 2.05) is 32.9 Å². The Morgan fingerprint density at radius 1 is 0.973 bits per heavy atom. The number of fused-ring (bicyclic) bond motifs is 2. The summed E-state index contributed by atoms with van der Waals surface area (Å²) < 4.78 is 7.51. The number of aromatic nitrogens is 1. The third-order valence-electron chi connectivity index (χ3n) is 7.33. The Morgan fingerprint density at radius 3 is 2.38 bits per heavy atom. The lowest BCUT2D eigenvalue weighted by molar-refractivity contribution is 0.0547. The van der Waals surface area contributed by atoms with E-state index in [1.54, 1.807) is 4.57 Å². The number of likely N-dealkylation sites (tertiary alicyclic amines) is 1. The van der Waals surface area contributed by atoms with E-state index in [-0.39, 0.29) is 11.3 Å². The maximum Gasteiger partial charge on any atom is 0.419 e. The van der Waals surface area contributed by atoms with E-state index in [2.05, 4.69) is 55.3 Å². The fraction of sp³-hybridized carbons (Fsp3) is 0.484. The zero-order valence-corrected chi connectivity index (χ0v) is 23.0. The van der Waals surface area contributed by atoms with Crippen LogP contribution in [0.5, 0.6) is 0 Å². The Bertz CT molecular complexity index is 1370. The van der Waals surface area contributed by atoms with Crippen LogP contribution in [0, 0.1) is 0 Å². The highest BCUT2D eigenvalue weighted by atomic mass is 16.6. The number of nitrogens with zero attached hydrogens (tertiary/aromatic N) is 2. The number of ether oxygens (including phenoxy) is 1. The molecule has 0 radical (unpaired) electrons. The van der Waals surface area contributed by atoms with E-state index >= 15 is 0 Å². The van der Waals surface area contributed by atoms with Gasteiger partial charge in [-0.15, -0.1) is 0 Å². The van der Waals surface area contributed by atoms with Gasteiger partial charge in [-0.1, -0.05) is 39.3 Å². The Hall–Kier alpha value is -3.12. The molecular weight excluding hydrogens is 462 g/mol. The number of nitrogens with one attached hydrogen (secondary N) is 1. The number of carbonyl (C=O) groups excluding carboxylic acids is 2. The van der Waals surface area contributed by atoms with Crippen molar-refractivity contribution in [2.24, 2.45) is 0 Å². The molecule has 1 N–H and O–H groups in total. The molecule has 1 fully saturated rings. The highest BCUT2D eigenvalue weighted by Gasteiger charge is 2.31. The first-order valence-electron chi connectivity index (χ1n) is 13.5. The molecule has 2 aromatic carbocycles. The summed E-state index contributed by atoms with van der Waals surface area (Å²) in [4.78, 5) is 29.1. The molecule has 2 aliphatic rings. The molecule has 196 valence electrons. The number of carbonyl (C=O) groups is 2. The molecule has 0 unspecified atom stereocenters. The summed E-state index contributed by atoms with van der Waals surface area (Å²) in [7, 11) is 0. The van der Waals surface area contributed by atoms with E-state index in [0.29, 0.717) is 17.8 Å². The maximum atomic E-state index is 13.6. The van der Waals surface area contributed by atoms with Gasteiger partial charge in [-0.2, -0.15) is 0 Å². The third-order valence-corrected chi connectivity index (χ3v) is 7.33. The van der Waals surface area contributed by atoms with Gasteiger partial charge in [0.25, 0.3) is 5.91 Å².